The van der Waals surface area contributed by atoms with Crippen molar-refractivity contribution in [3.8, 4) is 5.75 Å². The normalized spacial score (nSPS) is 10.8. The molecule has 0 radical (unpaired) electrons. The summed E-state index contributed by atoms with van der Waals surface area (Å²) in [5.41, 5.74) is 3.39. The molecule has 20 heavy (non-hydrogen) atoms. The van der Waals surface area contributed by atoms with Crippen LogP contribution in [0.2, 0.25) is 0 Å². The Hall–Kier alpha value is -1.88. The lowest BCUT2D eigenvalue weighted by Crippen LogP contribution is -2.12. The quantitative estimate of drug-likeness (QED) is 0.840. The molecule has 0 unspecified atom stereocenters. The summed E-state index contributed by atoms with van der Waals surface area (Å²) < 4.78 is 7.57. The second kappa shape index (κ2) is 7.05. The zero-order valence-electron chi connectivity index (χ0n) is 12.4. The molecule has 0 aliphatic rings. The number of aryl methyl sites for hydroxylation is 2. The van der Waals surface area contributed by atoms with Gasteiger partial charge >= 0.3 is 0 Å². The van der Waals surface area contributed by atoms with Crippen LogP contribution in [-0.4, -0.2) is 28.1 Å². The van der Waals surface area contributed by atoms with Crippen LogP contribution in [0.5, 0.6) is 5.75 Å². The summed E-state index contributed by atoms with van der Waals surface area (Å²) in [6, 6.07) is 6.23. The number of aromatic nitrogens is 3. The van der Waals surface area contributed by atoms with Crippen molar-refractivity contribution < 1.29 is 4.74 Å². The molecule has 5 heteroatoms. The van der Waals surface area contributed by atoms with E-state index in [2.05, 4.69) is 42.5 Å². The van der Waals surface area contributed by atoms with E-state index in [1.807, 2.05) is 23.0 Å². The average Bonchev–Trinajstić information content (AvgIpc) is 2.83. The van der Waals surface area contributed by atoms with E-state index in [0.29, 0.717) is 13.2 Å². The number of rotatable bonds is 7. The van der Waals surface area contributed by atoms with Gasteiger partial charge in [0.05, 0.1) is 12.2 Å². The van der Waals surface area contributed by atoms with Crippen LogP contribution in [0.3, 0.4) is 0 Å². The number of ether oxygens (including phenoxy) is 1. The number of hydrogen-bond acceptors (Lipinski definition) is 4. The minimum atomic E-state index is 0.590. The van der Waals surface area contributed by atoms with Crippen molar-refractivity contribution in [3.05, 3.63) is 41.2 Å². The van der Waals surface area contributed by atoms with Gasteiger partial charge in [-0.25, -0.2) is 4.68 Å². The summed E-state index contributed by atoms with van der Waals surface area (Å²) in [6.07, 6.45) is 1.95. The summed E-state index contributed by atoms with van der Waals surface area (Å²) in [6.45, 7) is 9.20. The highest BCUT2D eigenvalue weighted by molar-refractivity contribution is 5.32. The van der Waals surface area contributed by atoms with Gasteiger partial charge in [-0.2, -0.15) is 0 Å². The summed E-state index contributed by atoms with van der Waals surface area (Å²) >= 11 is 0. The van der Waals surface area contributed by atoms with Crippen LogP contribution in [0.25, 0.3) is 0 Å². The molecular formula is C15H22N4O. The van der Waals surface area contributed by atoms with Gasteiger partial charge in [0.2, 0.25) is 0 Å². The molecule has 0 saturated heterocycles. The lowest BCUT2D eigenvalue weighted by Gasteiger charge is -2.08. The van der Waals surface area contributed by atoms with Crippen LogP contribution >= 0.6 is 0 Å². The maximum Gasteiger partial charge on any atom is 0.119 e. The Morgan fingerprint density at radius 3 is 2.65 bits per heavy atom. The van der Waals surface area contributed by atoms with Gasteiger partial charge in [-0.15, -0.1) is 5.10 Å². The minimum Gasteiger partial charge on any atom is -0.492 e. The van der Waals surface area contributed by atoms with Crippen LogP contribution < -0.4 is 10.1 Å². The third-order valence-electron chi connectivity index (χ3n) is 2.93. The van der Waals surface area contributed by atoms with E-state index in [-0.39, 0.29) is 0 Å². The van der Waals surface area contributed by atoms with Crippen molar-refractivity contribution in [1.82, 2.24) is 20.3 Å². The Balaban J connectivity index is 1.81. The predicted molar refractivity (Wildman–Crippen MR) is 78.8 cm³/mol. The van der Waals surface area contributed by atoms with Crippen LogP contribution in [0.1, 0.15) is 23.7 Å². The Bertz CT molecular complexity index is 530. The van der Waals surface area contributed by atoms with Crippen LogP contribution in [0, 0.1) is 13.8 Å². The van der Waals surface area contributed by atoms with Crippen molar-refractivity contribution in [3.63, 3.8) is 0 Å². The molecule has 1 aromatic carbocycles. The zero-order valence-corrected chi connectivity index (χ0v) is 12.4. The first-order chi connectivity index (χ1) is 9.67. The fourth-order valence-corrected chi connectivity index (χ4v) is 2.06. The smallest absolute Gasteiger partial charge is 0.119 e. The number of nitrogens with one attached hydrogen (secondary N) is 1. The molecule has 1 aromatic heterocycles. The van der Waals surface area contributed by atoms with E-state index >= 15 is 0 Å². The molecule has 2 aromatic rings. The van der Waals surface area contributed by atoms with Gasteiger partial charge in [-0.3, -0.25) is 0 Å². The van der Waals surface area contributed by atoms with Crippen molar-refractivity contribution in [2.75, 3.05) is 13.2 Å². The number of nitrogens with zero attached hydrogens (tertiary/aromatic N) is 3. The molecule has 0 amide bonds. The Labute approximate surface area is 120 Å². The Morgan fingerprint density at radius 2 is 1.95 bits per heavy atom. The SMILES string of the molecule is CCNCc1cn(CCOc2cc(C)cc(C)c2)nn1. The molecule has 0 spiro atoms. The standard InChI is InChI=1S/C15H22N4O/c1-4-16-10-14-11-19(18-17-14)5-6-20-15-8-12(2)7-13(3)9-15/h7-9,11,16H,4-6,10H2,1-3H3. The van der Waals surface area contributed by atoms with Crippen molar-refractivity contribution in [2.45, 2.75) is 33.9 Å². The maximum absolute atomic E-state index is 5.76. The lowest BCUT2D eigenvalue weighted by atomic mass is 10.1. The first kappa shape index (κ1) is 14.5. The molecule has 1 N–H and O–H groups in total. The molecule has 1 heterocycles. The third kappa shape index (κ3) is 4.35. The molecule has 108 valence electrons. The zero-order chi connectivity index (χ0) is 14.4. The van der Waals surface area contributed by atoms with Crippen molar-refractivity contribution >= 4 is 0 Å². The van der Waals surface area contributed by atoms with E-state index in [0.717, 1.165) is 24.5 Å². The highest BCUT2D eigenvalue weighted by Crippen LogP contribution is 2.16. The van der Waals surface area contributed by atoms with Gasteiger partial charge in [-0.1, -0.05) is 18.2 Å². The topological polar surface area (TPSA) is 52.0 Å². The summed E-state index contributed by atoms with van der Waals surface area (Å²) in [5, 5.41) is 11.4. The second-order valence-electron chi connectivity index (χ2n) is 4.93. The summed E-state index contributed by atoms with van der Waals surface area (Å²) in [5.74, 6) is 0.912. The molecular weight excluding hydrogens is 252 g/mol. The molecule has 0 fully saturated rings. The van der Waals surface area contributed by atoms with Crippen LogP contribution in [0.15, 0.2) is 24.4 Å². The molecule has 0 saturated carbocycles. The predicted octanol–water partition coefficient (Wildman–Crippen LogP) is 2.08. The van der Waals surface area contributed by atoms with Crippen LogP contribution in [-0.2, 0) is 13.1 Å². The van der Waals surface area contributed by atoms with E-state index in [4.69, 9.17) is 4.74 Å². The minimum absolute atomic E-state index is 0.590. The molecule has 2 rings (SSSR count). The van der Waals surface area contributed by atoms with Gasteiger partial charge in [0.15, 0.2) is 0 Å². The molecule has 5 nitrogen and oxygen atoms in total. The molecule has 0 aliphatic carbocycles. The van der Waals surface area contributed by atoms with Crippen molar-refractivity contribution in [2.24, 2.45) is 0 Å². The van der Waals surface area contributed by atoms with Gasteiger partial charge in [0, 0.05) is 12.7 Å². The average molecular weight is 274 g/mol. The third-order valence-corrected chi connectivity index (χ3v) is 2.93. The summed E-state index contributed by atoms with van der Waals surface area (Å²) in [7, 11) is 0. The fraction of sp³-hybridized carbons (Fsp3) is 0.467. The monoisotopic (exact) mass is 274 g/mol. The van der Waals surface area contributed by atoms with Gasteiger partial charge < -0.3 is 10.1 Å². The second-order valence-corrected chi connectivity index (χ2v) is 4.93. The Morgan fingerprint density at radius 1 is 1.20 bits per heavy atom. The van der Waals surface area contributed by atoms with Gasteiger partial charge in [-0.05, 0) is 43.7 Å². The fourth-order valence-electron chi connectivity index (χ4n) is 2.06. The van der Waals surface area contributed by atoms with Gasteiger partial charge in [0.1, 0.15) is 12.4 Å². The lowest BCUT2D eigenvalue weighted by molar-refractivity contribution is 0.289. The highest BCUT2D eigenvalue weighted by Gasteiger charge is 2.01. The number of benzene rings is 1. The highest BCUT2D eigenvalue weighted by atomic mass is 16.5. The first-order valence-corrected chi connectivity index (χ1v) is 6.98. The van der Waals surface area contributed by atoms with E-state index in [1.54, 1.807) is 0 Å². The van der Waals surface area contributed by atoms with Gasteiger partial charge in [0.25, 0.3) is 0 Å². The molecule has 0 bridgehead atoms. The summed E-state index contributed by atoms with van der Waals surface area (Å²) in [4.78, 5) is 0. The molecule has 0 atom stereocenters. The van der Waals surface area contributed by atoms with E-state index in [9.17, 15) is 0 Å². The van der Waals surface area contributed by atoms with E-state index in [1.165, 1.54) is 11.1 Å². The first-order valence-electron chi connectivity index (χ1n) is 6.98. The number of hydrogen-bond donors (Lipinski definition) is 1. The molecule has 0 aliphatic heterocycles. The van der Waals surface area contributed by atoms with E-state index < -0.39 is 0 Å². The van der Waals surface area contributed by atoms with Crippen LogP contribution in [0.4, 0.5) is 0 Å². The largest absolute Gasteiger partial charge is 0.492 e. The van der Waals surface area contributed by atoms with Crippen molar-refractivity contribution in [1.29, 1.82) is 0 Å². The maximum atomic E-state index is 5.76. The Kier molecular flexibility index (Phi) is 5.12.